The summed E-state index contributed by atoms with van der Waals surface area (Å²) in [5, 5.41) is 4.68. The molecule has 1 aliphatic heterocycles. The Kier molecular flexibility index (Phi) is 4.00. The first-order valence-electron chi connectivity index (χ1n) is 6.67. The van der Waals surface area contributed by atoms with Crippen molar-refractivity contribution in [3.05, 3.63) is 0 Å². The lowest BCUT2D eigenvalue weighted by Gasteiger charge is -2.40. The Morgan fingerprint density at radius 3 is 2.87 bits per heavy atom. The van der Waals surface area contributed by atoms with Crippen LogP contribution in [-0.2, 0) is 0 Å². The Hall–Kier alpha value is 0.310. The molecule has 2 heteroatoms. The first kappa shape index (κ1) is 11.8. The van der Waals surface area contributed by atoms with Gasteiger partial charge in [0.1, 0.15) is 0 Å². The van der Waals surface area contributed by atoms with E-state index in [1.165, 1.54) is 51.5 Å². The average molecular weight is 227 g/mol. The van der Waals surface area contributed by atoms with Crippen LogP contribution in [0.3, 0.4) is 0 Å². The fraction of sp³-hybridized carbons (Fsp3) is 1.00. The second-order valence-electron chi connectivity index (χ2n) is 5.34. The zero-order chi connectivity index (χ0) is 10.7. The summed E-state index contributed by atoms with van der Waals surface area (Å²) in [4.78, 5) is 0.460. The van der Waals surface area contributed by atoms with E-state index in [2.05, 4.69) is 30.9 Å². The molecule has 1 spiro atoms. The minimum Gasteiger partial charge on any atom is -0.303 e. The Bertz CT molecular complexity index is 207. The van der Waals surface area contributed by atoms with Gasteiger partial charge in [-0.05, 0) is 38.1 Å². The minimum atomic E-state index is 0.460. The average Bonchev–Trinajstić information content (AvgIpc) is 2.41. The van der Waals surface area contributed by atoms with Gasteiger partial charge in [-0.2, -0.15) is 0 Å². The standard InChI is InChI=1S/C13H25NS/c1-3-12-5-4-8-13(9-6-12)14-10-7-11(2)15-13/h11-12,14H,3-10H2,1-2H3. The van der Waals surface area contributed by atoms with Gasteiger partial charge < -0.3 is 5.32 Å². The molecule has 0 aromatic heterocycles. The lowest BCUT2D eigenvalue weighted by atomic mass is 9.97. The molecule has 0 amide bonds. The van der Waals surface area contributed by atoms with E-state index in [1.807, 2.05) is 0 Å². The smallest absolute Gasteiger partial charge is 0.0648 e. The molecule has 2 rings (SSSR count). The van der Waals surface area contributed by atoms with Crippen molar-refractivity contribution in [1.29, 1.82) is 0 Å². The van der Waals surface area contributed by atoms with Crippen molar-refractivity contribution in [3.8, 4) is 0 Å². The molecule has 0 aromatic carbocycles. The summed E-state index contributed by atoms with van der Waals surface area (Å²) in [5.74, 6) is 1.00. The van der Waals surface area contributed by atoms with Crippen LogP contribution >= 0.6 is 11.8 Å². The van der Waals surface area contributed by atoms with Gasteiger partial charge in [-0.3, -0.25) is 0 Å². The highest BCUT2D eigenvalue weighted by Gasteiger charge is 2.36. The Labute approximate surface area is 98.8 Å². The van der Waals surface area contributed by atoms with Crippen LogP contribution in [0.4, 0.5) is 0 Å². The van der Waals surface area contributed by atoms with E-state index in [1.54, 1.807) is 0 Å². The molecule has 88 valence electrons. The normalized spacial score (nSPS) is 42.8. The summed E-state index contributed by atoms with van der Waals surface area (Å²) in [7, 11) is 0. The molecule has 0 aromatic rings. The van der Waals surface area contributed by atoms with Gasteiger partial charge in [0.25, 0.3) is 0 Å². The number of hydrogen-bond donors (Lipinski definition) is 1. The van der Waals surface area contributed by atoms with Crippen molar-refractivity contribution >= 4 is 11.8 Å². The molecule has 1 saturated carbocycles. The van der Waals surface area contributed by atoms with Crippen LogP contribution in [0.2, 0.25) is 0 Å². The largest absolute Gasteiger partial charge is 0.303 e. The third kappa shape index (κ3) is 2.91. The first-order valence-corrected chi connectivity index (χ1v) is 7.55. The van der Waals surface area contributed by atoms with Gasteiger partial charge >= 0.3 is 0 Å². The third-order valence-corrected chi connectivity index (χ3v) is 5.79. The summed E-state index contributed by atoms with van der Waals surface area (Å²) < 4.78 is 0. The summed E-state index contributed by atoms with van der Waals surface area (Å²) in [6, 6.07) is 0. The zero-order valence-electron chi connectivity index (χ0n) is 10.2. The van der Waals surface area contributed by atoms with Crippen molar-refractivity contribution < 1.29 is 0 Å². The molecule has 0 radical (unpaired) electrons. The highest BCUT2D eigenvalue weighted by molar-refractivity contribution is 8.01. The maximum atomic E-state index is 3.81. The number of rotatable bonds is 1. The molecule has 1 aliphatic carbocycles. The van der Waals surface area contributed by atoms with Crippen molar-refractivity contribution in [1.82, 2.24) is 5.32 Å². The van der Waals surface area contributed by atoms with E-state index < -0.39 is 0 Å². The zero-order valence-corrected chi connectivity index (χ0v) is 11.0. The molecule has 0 bridgehead atoms. The summed E-state index contributed by atoms with van der Waals surface area (Å²) in [6.07, 6.45) is 9.89. The van der Waals surface area contributed by atoms with Crippen molar-refractivity contribution in [2.24, 2.45) is 5.92 Å². The van der Waals surface area contributed by atoms with E-state index >= 15 is 0 Å². The van der Waals surface area contributed by atoms with Crippen LogP contribution in [-0.4, -0.2) is 16.7 Å². The fourth-order valence-electron chi connectivity index (χ4n) is 3.07. The molecule has 3 atom stereocenters. The van der Waals surface area contributed by atoms with Crippen molar-refractivity contribution in [2.45, 2.75) is 68.9 Å². The highest BCUT2D eigenvalue weighted by Crippen LogP contribution is 2.43. The topological polar surface area (TPSA) is 12.0 Å². The quantitative estimate of drug-likeness (QED) is 0.731. The molecule has 2 aliphatic rings. The lowest BCUT2D eigenvalue weighted by Crippen LogP contribution is -2.47. The molecular formula is C13H25NS. The number of thioether (sulfide) groups is 1. The van der Waals surface area contributed by atoms with Crippen LogP contribution < -0.4 is 5.32 Å². The molecule has 1 saturated heterocycles. The Morgan fingerprint density at radius 2 is 2.13 bits per heavy atom. The number of hydrogen-bond acceptors (Lipinski definition) is 2. The summed E-state index contributed by atoms with van der Waals surface area (Å²) in [5.41, 5.74) is 0. The molecule has 1 nitrogen and oxygen atoms in total. The predicted molar refractivity (Wildman–Crippen MR) is 69.3 cm³/mol. The van der Waals surface area contributed by atoms with Crippen LogP contribution in [0.1, 0.15) is 58.8 Å². The van der Waals surface area contributed by atoms with Gasteiger partial charge in [0.15, 0.2) is 0 Å². The summed E-state index contributed by atoms with van der Waals surface area (Å²) in [6.45, 7) is 5.99. The Balaban J connectivity index is 1.96. The number of nitrogens with one attached hydrogen (secondary N) is 1. The Morgan fingerprint density at radius 1 is 1.27 bits per heavy atom. The van der Waals surface area contributed by atoms with Gasteiger partial charge in [-0.1, -0.05) is 33.1 Å². The van der Waals surface area contributed by atoms with Gasteiger partial charge in [0.05, 0.1) is 4.87 Å². The van der Waals surface area contributed by atoms with Crippen molar-refractivity contribution in [2.75, 3.05) is 6.54 Å². The van der Waals surface area contributed by atoms with Gasteiger partial charge in [-0.25, -0.2) is 0 Å². The van der Waals surface area contributed by atoms with Gasteiger partial charge in [0, 0.05) is 5.25 Å². The summed E-state index contributed by atoms with van der Waals surface area (Å²) >= 11 is 2.22. The van der Waals surface area contributed by atoms with Gasteiger partial charge in [0.2, 0.25) is 0 Å². The third-order valence-electron chi connectivity index (χ3n) is 4.15. The second kappa shape index (κ2) is 5.09. The first-order chi connectivity index (χ1) is 7.24. The minimum absolute atomic E-state index is 0.460. The van der Waals surface area contributed by atoms with Gasteiger partial charge in [-0.15, -0.1) is 11.8 Å². The molecule has 1 N–H and O–H groups in total. The maximum Gasteiger partial charge on any atom is 0.0648 e. The molecule has 1 heterocycles. The van der Waals surface area contributed by atoms with Crippen LogP contribution in [0, 0.1) is 5.92 Å². The predicted octanol–water partition coefficient (Wildman–Crippen LogP) is 3.79. The van der Waals surface area contributed by atoms with E-state index in [9.17, 15) is 0 Å². The lowest BCUT2D eigenvalue weighted by molar-refractivity contribution is 0.383. The molecular weight excluding hydrogens is 202 g/mol. The maximum absolute atomic E-state index is 3.81. The van der Waals surface area contributed by atoms with E-state index in [0.29, 0.717) is 4.87 Å². The van der Waals surface area contributed by atoms with E-state index in [-0.39, 0.29) is 0 Å². The molecule has 3 unspecified atom stereocenters. The molecule has 15 heavy (non-hydrogen) atoms. The monoisotopic (exact) mass is 227 g/mol. The SMILES string of the molecule is CCC1CCCC2(CC1)NCCC(C)S2. The second-order valence-corrected chi connectivity index (χ2v) is 7.17. The molecule has 2 fully saturated rings. The van der Waals surface area contributed by atoms with E-state index in [0.717, 1.165) is 11.2 Å². The van der Waals surface area contributed by atoms with E-state index in [4.69, 9.17) is 0 Å². The van der Waals surface area contributed by atoms with Crippen LogP contribution in [0.15, 0.2) is 0 Å². The van der Waals surface area contributed by atoms with Crippen LogP contribution in [0.25, 0.3) is 0 Å². The van der Waals surface area contributed by atoms with Crippen molar-refractivity contribution in [3.63, 3.8) is 0 Å². The van der Waals surface area contributed by atoms with Crippen LogP contribution in [0.5, 0.6) is 0 Å². The highest BCUT2D eigenvalue weighted by atomic mass is 32.2. The fourth-order valence-corrected chi connectivity index (χ4v) is 4.76.